The van der Waals surface area contributed by atoms with Gasteiger partial charge < -0.3 is 4.90 Å². The van der Waals surface area contributed by atoms with E-state index in [1.54, 1.807) is 0 Å². The fraction of sp³-hybridized carbons (Fsp3) is 0.923. The molecule has 0 aromatic rings. The molecular formula is C13H23NO. The number of carbonyl (C=O) groups is 1. The van der Waals surface area contributed by atoms with Gasteiger partial charge in [-0.25, -0.2) is 0 Å². The number of likely N-dealkylation sites (tertiary alicyclic amines) is 1. The van der Waals surface area contributed by atoms with Crippen molar-refractivity contribution in [2.45, 2.75) is 52.4 Å². The van der Waals surface area contributed by atoms with Crippen molar-refractivity contribution in [3.8, 4) is 0 Å². The standard InChI is InChI=1S/C13H23NO/c1-11(2)12(15)14-9-8-13(10-14)6-4-3-5-7-13/h11H,3-10H2,1-2H3. The van der Waals surface area contributed by atoms with Gasteiger partial charge in [-0.3, -0.25) is 4.79 Å². The largest absolute Gasteiger partial charge is 0.342 e. The van der Waals surface area contributed by atoms with Crippen LogP contribution in [0, 0.1) is 11.3 Å². The van der Waals surface area contributed by atoms with Crippen LogP contribution < -0.4 is 0 Å². The predicted octanol–water partition coefficient (Wildman–Crippen LogP) is 2.83. The quantitative estimate of drug-likeness (QED) is 0.650. The lowest BCUT2D eigenvalue weighted by molar-refractivity contribution is -0.133. The molecule has 2 nitrogen and oxygen atoms in total. The van der Waals surface area contributed by atoms with Crippen molar-refractivity contribution >= 4 is 5.91 Å². The molecule has 1 aliphatic carbocycles. The van der Waals surface area contributed by atoms with Crippen molar-refractivity contribution in [1.29, 1.82) is 0 Å². The molecule has 1 saturated heterocycles. The molecule has 86 valence electrons. The van der Waals surface area contributed by atoms with E-state index in [2.05, 4.69) is 4.90 Å². The fourth-order valence-electron chi connectivity index (χ4n) is 3.20. The summed E-state index contributed by atoms with van der Waals surface area (Å²) in [7, 11) is 0. The highest BCUT2D eigenvalue weighted by Gasteiger charge is 2.40. The molecule has 2 rings (SSSR count). The van der Waals surface area contributed by atoms with Crippen LogP contribution >= 0.6 is 0 Å². The molecule has 15 heavy (non-hydrogen) atoms. The molecule has 2 heteroatoms. The Hall–Kier alpha value is -0.530. The molecule has 1 aliphatic heterocycles. The lowest BCUT2D eigenvalue weighted by atomic mass is 9.73. The zero-order valence-corrected chi connectivity index (χ0v) is 10.1. The zero-order valence-electron chi connectivity index (χ0n) is 10.1. The van der Waals surface area contributed by atoms with E-state index in [1.165, 1.54) is 38.5 Å². The summed E-state index contributed by atoms with van der Waals surface area (Å²) in [6.45, 7) is 6.07. The van der Waals surface area contributed by atoms with Crippen molar-refractivity contribution < 1.29 is 4.79 Å². The van der Waals surface area contributed by atoms with Gasteiger partial charge in [0.15, 0.2) is 0 Å². The van der Waals surface area contributed by atoms with Crippen molar-refractivity contribution in [1.82, 2.24) is 4.90 Å². The van der Waals surface area contributed by atoms with Crippen LogP contribution in [0.5, 0.6) is 0 Å². The zero-order chi connectivity index (χ0) is 10.9. The highest BCUT2D eigenvalue weighted by molar-refractivity contribution is 5.78. The molecule has 1 heterocycles. The van der Waals surface area contributed by atoms with Gasteiger partial charge in [-0.1, -0.05) is 33.1 Å². The SMILES string of the molecule is CC(C)C(=O)N1CCC2(CCCCC2)C1. The van der Waals surface area contributed by atoms with Crippen molar-refractivity contribution in [3.63, 3.8) is 0 Å². The van der Waals surface area contributed by atoms with Crippen LogP contribution in [0.3, 0.4) is 0 Å². The van der Waals surface area contributed by atoms with Gasteiger partial charge in [0.25, 0.3) is 0 Å². The van der Waals surface area contributed by atoms with Crippen LogP contribution in [-0.4, -0.2) is 23.9 Å². The van der Waals surface area contributed by atoms with Crippen molar-refractivity contribution in [2.75, 3.05) is 13.1 Å². The number of carbonyl (C=O) groups excluding carboxylic acids is 1. The van der Waals surface area contributed by atoms with Gasteiger partial charge in [0.2, 0.25) is 5.91 Å². The molecule has 0 aromatic heterocycles. The van der Waals surface area contributed by atoms with Gasteiger partial charge in [-0.05, 0) is 24.7 Å². The van der Waals surface area contributed by atoms with Gasteiger partial charge in [0.1, 0.15) is 0 Å². The molecule has 0 aromatic carbocycles. The molecular weight excluding hydrogens is 186 g/mol. The molecule has 2 fully saturated rings. The third-order valence-electron chi connectivity index (χ3n) is 4.16. The van der Waals surface area contributed by atoms with Gasteiger partial charge in [0.05, 0.1) is 0 Å². The van der Waals surface area contributed by atoms with Crippen LogP contribution in [0.25, 0.3) is 0 Å². The first-order valence-corrected chi connectivity index (χ1v) is 6.42. The minimum absolute atomic E-state index is 0.170. The molecule has 1 spiro atoms. The molecule has 0 N–H and O–H groups in total. The van der Waals surface area contributed by atoms with E-state index in [4.69, 9.17) is 0 Å². The third-order valence-corrected chi connectivity index (χ3v) is 4.16. The first-order valence-electron chi connectivity index (χ1n) is 6.42. The Balaban J connectivity index is 1.96. The van der Waals surface area contributed by atoms with E-state index in [9.17, 15) is 4.79 Å². The van der Waals surface area contributed by atoms with E-state index in [1.807, 2.05) is 13.8 Å². The maximum Gasteiger partial charge on any atom is 0.225 e. The second-order valence-corrected chi connectivity index (χ2v) is 5.73. The molecule has 1 amide bonds. The van der Waals surface area contributed by atoms with E-state index in [0.29, 0.717) is 11.3 Å². The Morgan fingerprint density at radius 2 is 1.80 bits per heavy atom. The summed E-state index contributed by atoms with van der Waals surface area (Å²) in [5.74, 6) is 0.529. The first-order chi connectivity index (χ1) is 7.13. The van der Waals surface area contributed by atoms with E-state index in [-0.39, 0.29) is 5.92 Å². The maximum absolute atomic E-state index is 11.9. The minimum atomic E-state index is 0.170. The van der Waals surface area contributed by atoms with Gasteiger partial charge in [0, 0.05) is 19.0 Å². The monoisotopic (exact) mass is 209 g/mol. The average molecular weight is 209 g/mol. The lowest BCUT2D eigenvalue weighted by Crippen LogP contribution is -2.35. The lowest BCUT2D eigenvalue weighted by Gasteiger charge is -2.33. The van der Waals surface area contributed by atoms with Crippen LogP contribution in [0.2, 0.25) is 0 Å². The molecule has 1 saturated carbocycles. The van der Waals surface area contributed by atoms with E-state index in [0.717, 1.165) is 13.1 Å². The minimum Gasteiger partial charge on any atom is -0.342 e. The van der Waals surface area contributed by atoms with Crippen LogP contribution in [0.4, 0.5) is 0 Å². The smallest absolute Gasteiger partial charge is 0.225 e. The van der Waals surface area contributed by atoms with Crippen molar-refractivity contribution in [3.05, 3.63) is 0 Å². The fourth-order valence-corrected chi connectivity index (χ4v) is 3.20. The Morgan fingerprint density at radius 3 is 2.40 bits per heavy atom. The summed E-state index contributed by atoms with van der Waals surface area (Å²) in [6, 6.07) is 0. The Kier molecular flexibility index (Phi) is 3.03. The number of amides is 1. The summed E-state index contributed by atoms with van der Waals surface area (Å²) in [5, 5.41) is 0. The predicted molar refractivity (Wildman–Crippen MR) is 61.6 cm³/mol. The van der Waals surface area contributed by atoms with E-state index < -0.39 is 0 Å². The van der Waals surface area contributed by atoms with Gasteiger partial charge >= 0.3 is 0 Å². The normalized spacial score (nSPS) is 25.1. The highest BCUT2D eigenvalue weighted by Crippen LogP contribution is 2.43. The molecule has 0 radical (unpaired) electrons. The maximum atomic E-state index is 11.9. The number of nitrogens with zero attached hydrogens (tertiary/aromatic N) is 1. The summed E-state index contributed by atoms with van der Waals surface area (Å²) < 4.78 is 0. The Bertz CT molecular complexity index is 241. The number of hydrogen-bond acceptors (Lipinski definition) is 1. The second kappa shape index (κ2) is 4.15. The van der Waals surface area contributed by atoms with Gasteiger partial charge in [-0.2, -0.15) is 0 Å². The molecule has 0 atom stereocenters. The van der Waals surface area contributed by atoms with Crippen LogP contribution in [0.15, 0.2) is 0 Å². The molecule has 2 aliphatic rings. The Labute approximate surface area is 93.0 Å². The third kappa shape index (κ3) is 2.19. The Morgan fingerprint density at radius 1 is 1.13 bits per heavy atom. The van der Waals surface area contributed by atoms with Crippen LogP contribution in [-0.2, 0) is 4.79 Å². The van der Waals surface area contributed by atoms with E-state index >= 15 is 0 Å². The second-order valence-electron chi connectivity index (χ2n) is 5.73. The van der Waals surface area contributed by atoms with Gasteiger partial charge in [-0.15, -0.1) is 0 Å². The first kappa shape index (κ1) is 11.0. The summed E-state index contributed by atoms with van der Waals surface area (Å²) >= 11 is 0. The topological polar surface area (TPSA) is 20.3 Å². The summed E-state index contributed by atoms with van der Waals surface area (Å²) in [4.78, 5) is 14.0. The number of hydrogen-bond donors (Lipinski definition) is 0. The van der Waals surface area contributed by atoms with Crippen LogP contribution in [0.1, 0.15) is 52.4 Å². The average Bonchev–Trinajstić information content (AvgIpc) is 2.62. The highest BCUT2D eigenvalue weighted by atomic mass is 16.2. The summed E-state index contributed by atoms with van der Waals surface area (Å²) in [5.41, 5.74) is 0.517. The molecule has 0 unspecified atom stereocenters. The summed E-state index contributed by atoms with van der Waals surface area (Å²) in [6.07, 6.45) is 8.13. The number of rotatable bonds is 1. The van der Waals surface area contributed by atoms with Crippen molar-refractivity contribution in [2.24, 2.45) is 11.3 Å². The molecule has 0 bridgehead atoms.